The number of dihydropyridines is 1. The standard InChI is InChI=1S/C48H32N4O/c49-29-30-22-24-44(39(27-30)38-17-10-26-50-48(38)52-42-19-6-1-11-33(42)34-12-2-7-20-43(34)52)51-41-18-5-3-13-35(41)40-28-31(23-25-45(40)51)32-15-9-16-37-36-14-4-8-21-46(36)53-47(32)37/h1-21,23,25,27-28,50H,22,24,26H2. The van der Waals surface area contributed by atoms with Crippen molar-refractivity contribution in [1.29, 1.82) is 5.26 Å². The quantitative estimate of drug-likeness (QED) is 0.201. The van der Waals surface area contributed by atoms with Gasteiger partial charge >= 0.3 is 0 Å². The fourth-order valence-electron chi connectivity index (χ4n) is 8.76. The van der Waals surface area contributed by atoms with Gasteiger partial charge in [0.15, 0.2) is 0 Å². The number of fused-ring (bicyclic) bond motifs is 9. The highest BCUT2D eigenvalue weighted by Gasteiger charge is 2.26. The van der Waals surface area contributed by atoms with Gasteiger partial charge in [0.05, 0.1) is 28.1 Å². The van der Waals surface area contributed by atoms with Gasteiger partial charge in [0, 0.05) is 66.8 Å². The summed E-state index contributed by atoms with van der Waals surface area (Å²) in [5, 5.41) is 21.1. The van der Waals surface area contributed by atoms with E-state index in [-0.39, 0.29) is 0 Å². The number of hydrogen-bond acceptors (Lipinski definition) is 3. The average molecular weight is 681 g/mol. The van der Waals surface area contributed by atoms with E-state index in [0.717, 1.165) is 84.1 Å². The smallest absolute Gasteiger partial charge is 0.143 e. The van der Waals surface area contributed by atoms with Crippen molar-refractivity contribution >= 4 is 77.1 Å². The summed E-state index contributed by atoms with van der Waals surface area (Å²) in [6, 6.07) is 49.9. The van der Waals surface area contributed by atoms with Crippen molar-refractivity contribution in [3.63, 3.8) is 0 Å². The van der Waals surface area contributed by atoms with Crippen LogP contribution in [0, 0.1) is 11.3 Å². The molecular weight excluding hydrogens is 649 g/mol. The normalized spacial score (nSPS) is 15.0. The third-order valence-corrected chi connectivity index (χ3v) is 11.1. The van der Waals surface area contributed by atoms with E-state index in [1.165, 1.54) is 27.2 Å². The predicted octanol–water partition coefficient (Wildman–Crippen LogP) is 12.0. The second-order valence-electron chi connectivity index (χ2n) is 13.9. The molecule has 1 aliphatic carbocycles. The Morgan fingerprint density at radius 1 is 0.585 bits per heavy atom. The first-order valence-corrected chi connectivity index (χ1v) is 18.2. The molecule has 0 fully saturated rings. The summed E-state index contributed by atoms with van der Waals surface area (Å²) in [6.07, 6.45) is 7.96. The molecule has 1 aliphatic heterocycles. The van der Waals surface area contributed by atoms with E-state index >= 15 is 0 Å². The number of nitriles is 1. The summed E-state index contributed by atoms with van der Waals surface area (Å²) in [4.78, 5) is 0. The lowest BCUT2D eigenvalue weighted by Gasteiger charge is -2.26. The Bertz CT molecular complexity index is 3130. The summed E-state index contributed by atoms with van der Waals surface area (Å²) in [5.41, 5.74) is 12.7. The van der Waals surface area contributed by atoms with Crippen LogP contribution in [-0.4, -0.2) is 15.7 Å². The topological polar surface area (TPSA) is 58.8 Å². The largest absolute Gasteiger partial charge is 0.455 e. The third kappa shape index (κ3) is 4.36. The van der Waals surface area contributed by atoms with Crippen molar-refractivity contribution in [3.8, 4) is 17.2 Å². The van der Waals surface area contributed by atoms with Crippen molar-refractivity contribution in [2.75, 3.05) is 6.54 Å². The van der Waals surface area contributed by atoms with Crippen LogP contribution >= 0.6 is 0 Å². The van der Waals surface area contributed by atoms with Gasteiger partial charge in [0.25, 0.3) is 0 Å². The molecular formula is C48H32N4O. The van der Waals surface area contributed by atoms with Crippen molar-refractivity contribution < 1.29 is 4.42 Å². The first-order valence-electron chi connectivity index (χ1n) is 18.2. The van der Waals surface area contributed by atoms with Gasteiger partial charge in [-0.2, -0.15) is 5.26 Å². The van der Waals surface area contributed by atoms with Crippen LogP contribution in [0.1, 0.15) is 12.8 Å². The molecule has 0 amide bonds. The summed E-state index contributed by atoms with van der Waals surface area (Å²) < 4.78 is 11.3. The van der Waals surface area contributed by atoms with Crippen LogP contribution in [0.5, 0.6) is 0 Å². The summed E-state index contributed by atoms with van der Waals surface area (Å²) in [5.74, 6) is 1.02. The third-order valence-electron chi connectivity index (χ3n) is 11.1. The number of nitrogens with one attached hydrogen (secondary N) is 1. The van der Waals surface area contributed by atoms with E-state index in [1.54, 1.807) is 0 Å². The molecule has 0 unspecified atom stereocenters. The number of para-hydroxylation sites is 5. The highest BCUT2D eigenvalue weighted by Crippen LogP contribution is 2.43. The maximum atomic E-state index is 10.3. The van der Waals surface area contributed by atoms with E-state index in [2.05, 4.69) is 160 Å². The van der Waals surface area contributed by atoms with E-state index in [4.69, 9.17) is 4.42 Å². The minimum atomic E-state index is 0.685. The van der Waals surface area contributed by atoms with Crippen LogP contribution in [0.2, 0.25) is 0 Å². The average Bonchev–Trinajstić information content (AvgIpc) is 3.88. The first-order chi connectivity index (χ1) is 26.3. The summed E-state index contributed by atoms with van der Waals surface area (Å²) >= 11 is 0. The van der Waals surface area contributed by atoms with Crippen LogP contribution in [0.15, 0.2) is 173 Å². The summed E-state index contributed by atoms with van der Waals surface area (Å²) in [6.45, 7) is 0.716. The molecule has 1 N–H and O–H groups in total. The molecule has 5 heteroatoms. The number of furan rings is 1. The zero-order valence-electron chi connectivity index (χ0n) is 28.8. The Labute approximate surface area is 305 Å². The van der Waals surface area contributed by atoms with Crippen molar-refractivity contribution in [1.82, 2.24) is 14.5 Å². The highest BCUT2D eigenvalue weighted by atomic mass is 16.3. The maximum absolute atomic E-state index is 10.3. The molecule has 2 aliphatic rings. The van der Waals surface area contributed by atoms with Gasteiger partial charge in [-0.15, -0.1) is 0 Å². The van der Waals surface area contributed by atoms with Crippen LogP contribution in [-0.2, 0) is 0 Å². The first kappa shape index (κ1) is 29.7. The van der Waals surface area contributed by atoms with Gasteiger partial charge in [0.1, 0.15) is 17.0 Å². The minimum absolute atomic E-state index is 0.685. The van der Waals surface area contributed by atoms with Crippen molar-refractivity contribution in [2.24, 2.45) is 0 Å². The van der Waals surface area contributed by atoms with Crippen LogP contribution in [0.25, 0.3) is 88.2 Å². The van der Waals surface area contributed by atoms with Gasteiger partial charge in [0.2, 0.25) is 0 Å². The molecule has 53 heavy (non-hydrogen) atoms. The van der Waals surface area contributed by atoms with Gasteiger partial charge in [-0.25, -0.2) is 0 Å². The molecule has 0 saturated heterocycles. The molecule has 0 atom stereocenters. The van der Waals surface area contributed by atoms with E-state index < -0.39 is 0 Å². The van der Waals surface area contributed by atoms with E-state index in [1.807, 2.05) is 12.1 Å². The van der Waals surface area contributed by atoms with Crippen molar-refractivity contribution in [2.45, 2.75) is 12.8 Å². The minimum Gasteiger partial charge on any atom is -0.455 e. The molecule has 9 aromatic rings. The van der Waals surface area contributed by atoms with Gasteiger partial charge in [-0.05, 0) is 60.9 Å². The number of benzene rings is 6. The van der Waals surface area contributed by atoms with Crippen molar-refractivity contribution in [3.05, 3.63) is 168 Å². The second kappa shape index (κ2) is 11.5. The lowest BCUT2D eigenvalue weighted by Crippen LogP contribution is -2.23. The SMILES string of the molecule is N#CC1=CC(C2=C(n3c4ccccc4c4ccccc43)NCC=C2)=C(n2c3ccccc3c3cc(-c4cccc5c4oc4ccccc45)ccc32)CC1. The Balaban J connectivity index is 1.18. The maximum Gasteiger partial charge on any atom is 0.143 e. The molecule has 6 aromatic carbocycles. The molecule has 3 aromatic heterocycles. The molecule has 11 rings (SSSR count). The van der Waals surface area contributed by atoms with Crippen LogP contribution in [0.3, 0.4) is 0 Å². The Morgan fingerprint density at radius 2 is 1.23 bits per heavy atom. The second-order valence-corrected chi connectivity index (χ2v) is 13.9. The lowest BCUT2D eigenvalue weighted by atomic mass is 9.90. The highest BCUT2D eigenvalue weighted by molar-refractivity contribution is 6.14. The fraction of sp³-hybridized carbons (Fsp3) is 0.0625. The monoisotopic (exact) mass is 680 g/mol. The number of aromatic nitrogens is 2. The van der Waals surface area contributed by atoms with E-state index in [0.29, 0.717) is 13.0 Å². The summed E-state index contributed by atoms with van der Waals surface area (Å²) in [7, 11) is 0. The Hall–Kier alpha value is -7.03. The van der Waals surface area contributed by atoms with Gasteiger partial charge < -0.3 is 14.3 Å². The van der Waals surface area contributed by atoms with Crippen LogP contribution < -0.4 is 5.32 Å². The molecule has 0 saturated carbocycles. The van der Waals surface area contributed by atoms with Gasteiger partial charge in [-0.3, -0.25) is 4.57 Å². The molecule has 0 spiro atoms. The number of rotatable bonds is 4. The molecule has 0 bridgehead atoms. The zero-order chi connectivity index (χ0) is 35.0. The zero-order valence-corrected chi connectivity index (χ0v) is 28.8. The molecule has 250 valence electrons. The number of nitrogens with zero attached hydrogens (tertiary/aromatic N) is 3. The van der Waals surface area contributed by atoms with Gasteiger partial charge in [-0.1, -0.05) is 109 Å². The molecule has 0 radical (unpaired) electrons. The molecule has 4 heterocycles. The van der Waals surface area contributed by atoms with Crippen LogP contribution in [0.4, 0.5) is 0 Å². The Kier molecular flexibility index (Phi) is 6.44. The molecule has 5 nitrogen and oxygen atoms in total. The number of hydrogen-bond donors (Lipinski definition) is 1. The lowest BCUT2D eigenvalue weighted by molar-refractivity contribution is 0.670. The predicted molar refractivity (Wildman–Crippen MR) is 218 cm³/mol. The Morgan fingerprint density at radius 3 is 1.98 bits per heavy atom. The van der Waals surface area contributed by atoms with E-state index in [9.17, 15) is 5.26 Å². The number of allylic oxidation sites excluding steroid dienone is 6. The fourth-order valence-corrected chi connectivity index (χ4v) is 8.76.